The third-order valence-corrected chi connectivity index (χ3v) is 5.15. The number of amides is 2. The molecule has 2 rings (SSSR count). The molecule has 0 bridgehead atoms. The predicted molar refractivity (Wildman–Crippen MR) is 103 cm³/mol. The van der Waals surface area contributed by atoms with Gasteiger partial charge in [0.1, 0.15) is 11.8 Å². The van der Waals surface area contributed by atoms with Crippen molar-refractivity contribution in [2.45, 2.75) is 65.1 Å². The molecule has 1 saturated carbocycles. The minimum Gasteiger partial charge on any atom is -0.435 e. The molecule has 0 radical (unpaired) electrons. The maximum absolute atomic E-state index is 12.9. The number of hydrogen-bond acceptors (Lipinski definition) is 3. The van der Waals surface area contributed by atoms with Crippen LogP contribution in [-0.2, 0) is 16.1 Å². The average Bonchev–Trinajstić information content (AvgIpc) is 2.67. The predicted octanol–water partition coefficient (Wildman–Crippen LogP) is 3.97. The number of ether oxygens (including phenoxy) is 1. The number of rotatable bonds is 8. The van der Waals surface area contributed by atoms with E-state index in [0.717, 1.165) is 31.2 Å². The first-order valence-electron chi connectivity index (χ1n) is 9.87. The lowest BCUT2D eigenvalue weighted by Gasteiger charge is -2.29. The van der Waals surface area contributed by atoms with E-state index in [0.29, 0.717) is 6.54 Å². The van der Waals surface area contributed by atoms with Gasteiger partial charge in [0.2, 0.25) is 11.8 Å². The van der Waals surface area contributed by atoms with Crippen LogP contribution in [-0.4, -0.2) is 36.4 Å². The fraction of sp³-hybridized carbons (Fsp3) is 0.619. The summed E-state index contributed by atoms with van der Waals surface area (Å²) < 4.78 is 28.8. The molecule has 2 amide bonds. The number of alkyl halides is 2. The van der Waals surface area contributed by atoms with Crippen molar-refractivity contribution in [2.75, 3.05) is 7.05 Å². The van der Waals surface area contributed by atoms with E-state index in [9.17, 15) is 18.4 Å². The lowest BCUT2D eigenvalue weighted by atomic mass is 9.88. The van der Waals surface area contributed by atoms with Crippen molar-refractivity contribution in [3.63, 3.8) is 0 Å². The van der Waals surface area contributed by atoms with E-state index < -0.39 is 12.7 Å². The summed E-state index contributed by atoms with van der Waals surface area (Å²) in [5, 5.41) is 2.95. The topological polar surface area (TPSA) is 58.6 Å². The molecule has 1 aromatic rings. The lowest BCUT2D eigenvalue weighted by Crippen LogP contribution is -2.51. The van der Waals surface area contributed by atoms with E-state index >= 15 is 0 Å². The van der Waals surface area contributed by atoms with Crippen LogP contribution in [0.25, 0.3) is 0 Å². The fourth-order valence-electron chi connectivity index (χ4n) is 3.51. The van der Waals surface area contributed by atoms with Gasteiger partial charge < -0.3 is 15.0 Å². The molecule has 156 valence electrons. The molecule has 1 aromatic carbocycles. The highest BCUT2D eigenvalue weighted by Gasteiger charge is 2.30. The van der Waals surface area contributed by atoms with E-state index in [2.05, 4.69) is 10.1 Å². The Kier molecular flexibility index (Phi) is 8.20. The Labute approximate surface area is 165 Å². The van der Waals surface area contributed by atoms with Crippen LogP contribution >= 0.6 is 0 Å². The number of carbonyl (C=O) groups excluding carboxylic acids is 2. The molecule has 0 aliphatic heterocycles. The maximum Gasteiger partial charge on any atom is 0.387 e. The van der Waals surface area contributed by atoms with Gasteiger partial charge in [-0.25, -0.2) is 0 Å². The van der Waals surface area contributed by atoms with Crippen LogP contribution in [0.1, 0.15) is 51.5 Å². The van der Waals surface area contributed by atoms with Gasteiger partial charge in [0.15, 0.2) is 0 Å². The van der Waals surface area contributed by atoms with Gasteiger partial charge >= 0.3 is 6.61 Å². The van der Waals surface area contributed by atoms with Crippen molar-refractivity contribution >= 4 is 11.8 Å². The van der Waals surface area contributed by atoms with Crippen LogP contribution in [0.2, 0.25) is 0 Å². The maximum atomic E-state index is 12.9. The molecule has 5 nitrogen and oxygen atoms in total. The van der Waals surface area contributed by atoms with Crippen molar-refractivity contribution in [1.82, 2.24) is 10.2 Å². The van der Waals surface area contributed by atoms with Crippen LogP contribution in [0.4, 0.5) is 8.78 Å². The average molecular weight is 396 g/mol. The van der Waals surface area contributed by atoms with Crippen molar-refractivity contribution in [1.29, 1.82) is 0 Å². The van der Waals surface area contributed by atoms with Gasteiger partial charge in [0.25, 0.3) is 0 Å². The highest BCUT2D eigenvalue weighted by molar-refractivity contribution is 5.88. The molecule has 1 fully saturated rings. The summed E-state index contributed by atoms with van der Waals surface area (Å²) in [6, 6.07) is 5.61. The van der Waals surface area contributed by atoms with E-state index in [-0.39, 0.29) is 29.4 Å². The summed E-state index contributed by atoms with van der Waals surface area (Å²) in [6.07, 6.45) is 5.05. The second-order valence-corrected chi connectivity index (χ2v) is 7.78. The largest absolute Gasteiger partial charge is 0.435 e. The Morgan fingerprint density at radius 1 is 1.14 bits per heavy atom. The Morgan fingerprint density at radius 3 is 2.29 bits per heavy atom. The summed E-state index contributed by atoms with van der Waals surface area (Å²) in [5.74, 6) is -0.159. The first-order chi connectivity index (χ1) is 13.3. The molecule has 0 spiro atoms. The molecule has 1 unspecified atom stereocenters. The van der Waals surface area contributed by atoms with Crippen LogP contribution < -0.4 is 10.1 Å². The van der Waals surface area contributed by atoms with E-state index in [1.807, 2.05) is 13.8 Å². The van der Waals surface area contributed by atoms with Crippen molar-refractivity contribution in [3.05, 3.63) is 29.8 Å². The zero-order valence-corrected chi connectivity index (χ0v) is 16.8. The molecule has 7 heteroatoms. The lowest BCUT2D eigenvalue weighted by molar-refractivity contribution is -0.138. The summed E-state index contributed by atoms with van der Waals surface area (Å²) >= 11 is 0. The summed E-state index contributed by atoms with van der Waals surface area (Å²) in [4.78, 5) is 27.0. The highest BCUT2D eigenvalue weighted by atomic mass is 19.3. The van der Waals surface area contributed by atoms with Crippen LogP contribution in [0.15, 0.2) is 24.3 Å². The molecule has 1 atom stereocenters. The summed E-state index contributed by atoms with van der Waals surface area (Å²) in [6.45, 7) is 1.27. The summed E-state index contributed by atoms with van der Waals surface area (Å²) in [5.41, 5.74) is 0.790. The summed E-state index contributed by atoms with van der Waals surface area (Å²) in [7, 11) is 1.67. The van der Waals surface area contributed by atoms with Gasteiger partial charge in [-0.05, 0) is 36.5 Å². The molecule has 1 aliphatic carbocycles. The molecular formula is C21H30F2N2O3. The third kappa shape index (κ3) is 6.46. The van der Waals surface area contributed by atoms with Crippen LogP contribution in [0.5, 0.6) is 5.75 Å². The van der Waals surface area contributed by atoms with Gasteiger partial charge in [-0.1, -0.05) is 45.2 Å². The Balaban J connectivity index is 1.96. The zero-order chi connectivity index (χ0) is 20.7. The standard InChI is InChI=1S/C21H30F2N2O3/c1-14(2)18(24-19(26)16-7-5-4-6-8-16)20(27)25(3)13-15-9-11-17(12-10-15)28-21(22)23/h9-12,14,16,18,21H,4-8,13H2,1-3H3,(H,24,26). The smallest absolute Gasteiger partial charge is 0.387 e. The SMILES string of the molecule is CC(C)C(NC(=O)C1CCCCC1)C(=O)N(C)Cc1ccc(OC(F)F)cc1. The molecule has 1 aliphatic rings. The number of likely N-dealkylation sites (N-methyl/N-ethyl adjacent to an activating group) is 1. The van der Waals surface area contributed by atoms with Gasteiger partial charge in [0.05, 0.1) is 0 Å². The first kappa shape index (κ1) is 22.1. The van der Waals surface area contributed by atoms with Gasteiger partial charge in [-0.3, -0.25) is 9.59 Å². The van der Waals surface area contributed by atoms with Crippen LogP contribution in [0, 0.1) is 11.8 Å². The van der Waals surface area contributed by atoms with E-state index in [4.69, 9.17) is 0 Å². The van der Waals surface area contributed by atoms with Crippen molar-refractivity contribution in [3.8, 4) is 5.75 Å². The Bertz CT molecular complexity index is 644. The number of nitrogens with one attached hydrogen (secondary N) is 1. The second kappa shape index (κ2) is 10.4. The Hall–Kier alpha value is -2.18. The number of hydrogen-bond donors (Lipinski definition) is 1. The molecule has 0 heterocycles. The number of benzene rings is 1. The molecule has 28 heavy (non-hydrogen) atoms. The molecule has 0 saturated heterocycles. The first-order valence-corrected chi connectivity index (χ1v) is 9.87. The minimum absolute atomic E-state index is 0.00418. The van der Waals surface area contributed by atoms with Gasteiger partial charge in [-0.15, -0.1) is 0 Å². The quantitative estimate of drug-likeness (QED) is 0.723. The number of carbonyl (C=O) groups is 2. The Morgan fingerprint density at radius 2 is 1.75 bits per heavy atom. The van der Waals surface area contributed by atoms with E-state index in [1.54, 1.807) is 24.1 Å². The van der Waals surface area contributed by atoms with Crippen LogP contribution in [0.3, 0.4) is 0 Å². The highest BCUT2D eigenvalue weighted by Crippen LogP contribution is 2.24. The van der Waals surface area contributed by atoms with Crippen molar-refractivity contribution < 1.29 is 23.1 Å². The normalized spacial score (nSPS) is 16.1. The van der Waals surface area contributed by atoms with Gasteiger partial charge in [0, 0.05) is 19.5 Å². The zero-order valence-electron chi connectivity index (χ0n) is 16.8. The van der Waals surface area contributed by atoms with Crippen molar-refractivity contribution in [2.24, 2.45) is 11.8 Å². The van der Waals surface area contributed by atoms with E-state index in [1.165, 1.54) is 18.6 Å². The molecule has 0 aromatic heterocycles. The molecular weight excluding hydrogens is 366 g/mol. The number of nitrogens with zero attached hydrogens (tertiary/aromatic N) is 1. The monoisotopic (exact) mass is 396 g/mol. The van der Waals surface area contributed by atoms with Gasteiger partial charge in [-0.2, -0.15) is 8.78 Å². The second-order valence-electron chi connectivity index (χ2n) is 7.78. The fourth-order valence-corrected chi connectivity index (χ4v) is 3.51. The molecule has 1 N–H and O–H groups in total. The minimum atomic E-state index is -2.87. The third-order valence-electron chi connectivity index (χ3n) is 5.15. The number of halogens is 2.